The van der Waals surface area contributed by atoms with Crippen molar-refractivity contribution in [2.75, 3.05) is 5.32 Å². The van der Waals surface area contributed by atoms with E-state index in [2.05, 4.69) is 15.3 Å². The Bertz CT molecular complexity index is 947. The molecule has 0 aliphatic carbocycles. The van der Waals surface area contributed by atoms with Crippen LogP contribution in [0.2, 0.25) is 0 Å². The van der Waals surface area contributed by atoms with Crippen molar-refractivity contribution in [3.63, 3.8) is 0 Å². The first kappa shape index (κ1) is 18.8. The predicted molar refractivity (Wildman–Crippen MR) is 102 cm³/mol. The average molecular weight is 361 g/mol. The van der Waals surface area contributed by atoms with Crippen molar-refractivity contribution in [2.24, 2.45) is 5.73 Å². The molecule has 3 rings (SSSR count). The molecule has 3 aromatic rings. The molecule has 1 aromatic heterocycles. The lowest BCUT2D eigenvalue weighted by atomic mass is 10.0. The van der Waals surface area contributed by atoms with Crippen LogP contribution in [-0.2, 0) is 11.2 Å². The minimum Gasteiger partial charge on any atom is -0.323 e. The summed E-state index contributed by atoms with van der Waals surface area (Å²) < 4.78 is 0. The summed E-state index contributed by atoms with van der Waals surface area (Å²) in [6.07, 6.45) is 0.449. The maximum Gasteiger partial charge on any atom is 0.323 e. The highest BCUT2D eigenvalue weighted by Crippen LogP contribution is 2.27. The van der Waals surface area contributed by atoms with E-state index in [4.69, 9.17) is 5.73 Å². The summed E-state index contributed by atoms with van der Waals surface area (Å²) in [4.78, 5) is 29.5. The number of carbonyl (C=O) groups excluding carboxylic acids is 1. The van der Waals surface area contributed by atoms with Gasteiger partial charge in [0.15, 0.2) is 0 Å². The molecule has 132 valence electrons. The first-order valence-corrected chi connectivity index (χ1v) is 7.78. The molecule has 1 amide bonds. The van der Waals surface area contributed by atoms with Gasteiger partial charge in [0.2, 0.25) is 5.91 Å². The third-order valence-corrected chi connectivity index (χ3v) is 4.22. The third-order valence-electron chi connectivity index (χ3n) is 4.22. The Kier molecular flexibility index (Phi) is 5.66. The normalized spacial score (nSPS) is 11.8. The van der Waals surface area contributed by atoms with Crippen LogP contribution in [0, 0.1) is 13.8 Å². The van der Waals surface area contributed by atoms with Crippen LogP contribution in [0.15, 0.2) is 41.2 Å². The highest BCUT2D eigenvalue weighted by molar-refractivity contribution is 6.03. The lowest BCUT2D eigenvalue weighted by molar-refractivity contribution is -0.117. The lowest BCUT2D eigenvalue weighted by Gasteiger charge is -2.15. The molecule has 0 spiro atoms. The van der Waals surface area contributed by atoms with E-state index >= 15 is 0 Å². The van der Waals surface area contributed by atoms with Gasteiger partial charge in [0.1, 0.15) is 0 Å². The number of aryl methyl sites for hydroxylation is 1. The van der Waals surface area contributed by atoms with Crippen LogP contribution in [-0.4, -0.2) is 21.9 Å². The molecular formula is C18H21ClN4O2. The number of nitrogens with two attached hydrogens (primary N) is 1. The first-order valence-electron chi connectivity index (χ1n) is 7.78. The summed E-state index contributed by atoms with van der Waals surface area (Å²) in [5.41, 5.74) is 10.5. The number of hydrogen-bond acceptors (Lipinski definition) is 3. The van der Waals surface area contributed by atoms with E-state index in [-0.39, 0.29) is 24.0 Å². The Morgan fingerprint density at radius 1 is 1.20 bits per heavy atom. The summed E-state index contributed by atoms with van der Waals surface area (Å²) in [5, 5.41) is 2.87. The molecule has 1 unspecified atom stereocenters. The summed E-state index contributed by atoms with van der Waals surface area (Å²) >= 11 is 0. The fourth-order valence-corrected chi connectivity index (χ4v) is 2.74. The number of anilines is 1. The zero-order chi connectivity index (χ0) is 17.3. The summed E-state index contributed by atoms with van der Waals surface area (Å²) in [7, 11) is 0. The van der Waals surface area contributed by atoms with Gasteiger partial charge in [0, 0.05) is 0 Å². The van der Waals surface area contributed by atoms with E-state index in [1.807, 2.05) is 50.2 Å². The van der Waals surface area contributed by atoms with Crippen molar-refractivity contribution in [3.05, 3.63) is 63.6 Å². The standard InChI is InChI=1S/C18H20N4O2.ClH/c1-10-8-14-16(22-18(24)20-14)15(11(10)2)21-17(23)13(19)9-12-6-4-3-5-7-12;/h3-8,13H,9,19H2,1-2H3,(H,21,23)(H2,20,22,24);1H. The molecule has 2 aromatic carbocycles. The van der Waals surface area contributed by atoms with Crippen molar-refractivity contribution in [1.29, 1.82) is 0 Å². The number of rotatable bonds is 4. The Hall–Kier alpha value is -2.57. The number of fused-ring (bicyclic) bond motifs is 1. The zero-order valence-electron chi connectivity index (χ0n) is 14.1. The minimum absolute atomic E-state index is 0. The maximum atomic E-state index is 12.5. The number of imidazole rings is 1. The second kappa shape index (κ2) is 7.55. The molecule has 0 aliphatic rings. The number of aromatic amines is 2. The van der Waals surface area contributed by atoms with Crippen molar-refractivity contribution in [2.45, 2.75) is 26.3 Å². The molecule has 0 aliphatic heterocycles. The SMILES string of the molecule is Cc1cc2[nH]c(=O)[nH]c2c(NC(=O)C(N)Cc2ccccc2)c1C.Cl. The van der Waals surface area contributed by atoms with Gasteiger partial charge in [-0.3, -0.25) is 4.79 Å². The number of H-pyrrole nitrogens is 2. The number of nitrogens with one attached hydrogen (secondary N) is 3. The molecule has 1 atom stereocenters. The smallest absolute Gasteiger partial charge is 0.323 e. The first-order chi connectivity index (χ1) is 11.5. The van der Waals surface area contributed by atoms with Crippen LogP contribution in [0.25, 0.3) is 11.0 Å². The highest BCUT2D eigenvalue weighted by atomic mass is 35.5. The van der Waals surface area contributed by atoms with Crippen LogP contribution in [0.3, 0.4) is 0 Å². The van der Waals surface area contributed by atoms with Gasteiger partial charge in [-0.15, -0.1) is 12.4 Å². The van der Waals surface area contributed by atoms with Crippen LogP contribution >= 0.6 is 12.4 Å². The minimum atomic E-state index is -0.673. The van der Waals surface area contributed by atoms with Crippen LogP contribution in [0.4, 0.5) is 5.69 Å². The Morgan fingerprint density at radius 2 is 1.88 bits per heavy atom. The fraction of sp³-hybridized carbons (Fsp3) is 0.222. The Labute approximate surface area is 151 Å². The van der Waals surface area contributed by atoms with E-state index in [0.29, 0.717) is 23.1 Å². The quantitative estimate of drug-likeness (QED) is 0.574. The van der Waals surface area contributed by atoms with Crippen molar-refractivity contribution in [3.8, 4) is 0 Å². The Balaban J connectivity index is 0.00000225. The molecule has 0 radical (unpaired) electrons. The Morgan fingerprint density at radius 3 is 2.56 bits per heavy atom. The van der Waals surface area contributed by atoms with E-state index in [1.54, 1.807) is 0 Å². The molecule has 7 heteroatoms. The van der Waals surface area contributed by atoms with Gasteiger partial charge >= 0.3 is 5.69 Å². The van der Waals surface area contributed by atoms with Gasteiger partial charge < -0.3 is 21.0 Å². The fourth-order valence-electron chi connectivity index (χ4n) is 2.74. The number of halogens is 1. The topological polar surface area (TPSA) is 104 Å². The van der Waals surface area contributed by atoms with Crippen LogP contribution in [0.5, 0.6) is 0 Å². The molecule has 0 saturated heterocycles. The average Bonchev–Trinajstić information content (AvgIpc) is 2.92. The van der Waals surface area contributed by atoms with E-state index < -0.39 is 6.04 Å². The van der Waals surface area contributed by atoms with Crippen molar-refractivity contribution < 1.29 is 4.79 Å². The monoisotopic (exact) mass is 360 g/mol. The van der Waals surface area contributed by atoms with Gasteiger partial charge in [-0.05, 0) is 43.0 Å². The van der Waals surface area contributed by atoms with Crippen LogP contribution < -0.4 is 16.7 Å². The molecule has 0 saturated carbocycles. The third kappa shape index (κ3) is 3.92. The molecule has 0 bridgehead atoms. The number of hydrogen-bond donors (Lipinski definition) is 4. The van der Waals surface area contributed by atoms with E-state index in [0.717, 1.165) is 16.7 Å². The van der Waals surface area contributed by atoms with Gasteiger partial charge in [-0.2, -0.15) is 0 Å². The number of amides is 1. The van der Waals surface area contributed by atoms with Gasteiger partial charge in [0.25, 0.3) is 0 Å². The molecule has 6 nitrogen and oxygen atoms in total. The number of aromatic nitrogens is 2. The number of benzene rings is 2. The van der Waals surface area contributed by atoms with Gasteiger partial charge in [0.05, 0.1) is 22.8 Å². The lowest BCUT2D eigenvalue weighted by Crippen LogP contribution is -2.37. The van der Waals surface area contributed by atoms with E-state index in [1.165, 1.54) is 0 Å². The largest absolute Gasteiger partial charge is 0.323 e. The zero-order valence-corrected chi connectivity index (χ0v) is 14.9. The van der Waals surface area contributed by atoms with Crippen molar-refractivity contribution in [1.82, 2.24) is 9.97 Å². The molecule has 0 fully saturated rings. The molecule has 5 N–H and O–H groups in total. The summed E-state index contributed by atoms with van der Waals surface area (Å²) in [6.45, 7) is 3.83. The number of carbonyl (C=O) groups is 1. The van der Waals surface area contributed by atoms with Crippen molar-refractivity contribution >= 4 is 35.0 Å². The predicted octanol–water partition coefficient (Wildman–Crippen LogP) is 2.40. The molecular weight excluding hydrogens is 340 g/mol. The highest BCUT2D eigenvalue weighted by Gasteiger charge is 2.18. The second-order valence-corrected chi connectivity index (χ2v) is 5.98. The molecule has 1 heterocycles. The van der Waals surface area contributed by atoms with Gasteiger partial charge in [-0.1, -0.05) is 30.3 Å². The van der Waals surface area contributed by atoms with Crippen LogP contribution in [0.1, 0.15) is 16.7 Å². The maximum absolute atomic E-state index is 12.5. The second-order valence-electron chi connectivity index (χ2n) is 5.98. The van der Waals surface area contributed by atoms with Gasteiger partial charge in [-0.25, -0.2) is 4.79 Å². The summed E-state index contributed by atoms with van der Waals surface area (Å²) in [5.74, 6) is -0.282. The molecule has 25 heavy (non-hydrogen) atoms. The van der Waals surface area contributed by atoms with E-state index in [9.17, 15) is 9.59 Å². The summed E-state index contributed by atoms with van der Waals surface area (Å²) in [6, 6.07) is 10.8.